The minimum absolute atomic E-state index is 0.240. The lowest BCUT2D eigenvalue weighted by Gasteiger charge is -2.38. The summed E-state index contributed by atoms with van der Waals surface area (Å²) in [6.07, 6.45) is 10.8. The Kier molecular flexibility index (Phi) is 7.59. The molecule has 4 rings (SSSR count). The Morgan fingerprint density at radius 3 is 2.47 bits per heavy atom. The fourth-order valence-electron chi connectivity index (χ4n) is 4.36. The number of anilines is 2. The van der Waals surface area contributed by atoms with Crippen LogP contribution in [0.2, 0.25) is 0 Å². The molecule has 1 N–H and O–H groups in total. The molecule has 2 fully saturated rings. The number of nitrogens with one attached hydrogen (secondary N) is 1. The van der Waals surface area contributed by atoms with Crippen LogP contribution in [0.15, 0.2) is 24.7 Å². The third-order valence-corrected chi connectivity index (χ3v) is 6.61. The maximum absolute atomic E-state index is 6.08. The molecule has 9 nitrogen and oxygen atoms in total. The van der Waals surface area contributed by atoms with E-state index in [1.807, 2.05) is 6.20 Å². The fourth-order valence-corrected chi connectivity index (χ4v) is 4.36. The highest BCUT2D eigenvalue weighted by molar-refractivity contribution is 5.58. The molecule has 1 aliphatic carbocycles. The third kappa shape index (κ3) is 5.96. The number of nitrogens with zero attached hydrogens (tertiary/aromatic N) is 5. The standard InChI is InChI=1S/C23H36N6O3/c1-23(2,30-3)9-14-32-21-20(26-22-24-10-4-11-25-22)17-29(27-21)19-7-5-18(6-8-19)28-12-15-31-16-13-28/h4,10-11,17-19H,5-9,12-16H2,1-3H3,(H,24,25,26). The number of hydrogen-bond acceptors (Lipinski definition) is 8. The molecule has 0 aromatic carbocycles. The van der Waals surface area contributed by atoms with Gasteiger partial charge < -0.3 is 19.5 Å². The average Bonchev–Trinajstić information content (AvgIpc) is 3.23. The van der Waals surface area contributed by atoms with E-state index in [0.29, 0.717) is 30.5 Å². The number of morpholine rings is 1. The summed E-state index contributed by atoms with van der Waals surface area (Å²) in [6.45, 7) is 8.45. The van der Waals surface area contributed by atoms with Crippen LogP contribution >= 0.6 is 0 Å². The van der Waals surface area contributed by atoms with Gasteiger partial charge in [0, 0.05) is 45.1 Å². The molecule has 0 atom stereocenters. The predicted molar refractivity (Wildman–Crippen MR) is 122 cm³/mol. The van der Waals surface area contributed by atoms with E-state index in [0.717, 1.165) is 51.3 Å². The molecule has 2 aromatic rings. The van der Waals surface area contributed by atoms with E-state index < -0.39 is 0 Å². The van der Waals surface area contributed by atoms with Crippen molar-refractivity contribution in [2.24, 2.45) is 0 Å². The van der Waals surface area contributed by atoms with Gasteiger partial charge in [-0.25, -0.2) is 9.97 Å². The summed E-state index contributed by atoms with van der Waals surface area (Å²) >= 11 is 0. The molecule has 2 aromatic heterocycles. The number of methoxy groups -OCH3 is 1. The Bertz CT molecular complexity index is 830. The molecular formula is C23H36N6O3. The quantitative estimate of drug-likeness (QED) is 0.630. The zero-order valence-electron chi connectivity index (χ0n) is 19.5. The van der Waals surface area contributed by atoms with Gasteiger partial charge in [0.15, 0.2) is 0 Å². The summed E-state index contributed by atoms with van der Waals surface area (Å²) in [4.78, 5) is 11.2. The van der Waals surface area contributed by atoms with E-state index in [9.17, 15) is 0 Å². The minimum Gasteiger partial charge on any atom is -0.475 e. The summed E-state index contributed by atoms with van der Waals surface area (Å²) in [6, 6.07) is 2.83. The molecule has 0 unspecified atom stereocenters. The van der Waals surface area contributed by atoms with Crippen LogP contribution < -0.4 is 10.1 Å². The van der Waals surface area contributed by atoms with Gasteiger partial charge in [0.2, 0.25) is 5.95 Å². The second kappa shape index (κ2) is 10.6. The van der Waals surface area contributed by atoms with Crippen LogP contribution in [-0.4, -0.2) is 76.3 Å². The molecule has 0 bridgehead atoms. The van der Waals surface area contributed by atoms with Gasteiger partial charge in [-0.2, -0.15) is 0 Å². The van der Waals surface area contributed by atoms with Gasteiger partial charge in [-0.05, 0) is 45.6 Å². The molecule has 0 spiro atoms. The molecule has 3 heterocycles. The molecule has 9 heteroatoms. The molecule has 1 saturated heterocycles. The summed E-state index contributed by atoms with van der Waals surface area (Å²) in [5.41, 5.74) is 0.554. The van der Waals surface area contributed by atoms with E-state index in [2.05, 4.69) is 38.7 Å². The lowest BCUT2D eigenvalue weighted by molar-refractivity contribution is 0.00409. The van der Waals surface area contributed by atoms with E-state index in [1.165, 1.54) is 12.8 Å². The van der Waals surface area contributed by atoms with Crippen molar-refractivity contribution in [3.8, 4) is 5.88 Å². The maximum Gasteiger partial charge on any atom is 0.256 e. The predicted octanol–water partition coefficient (Wildman–Crippen LogP) is 3.43. The zero-order valence-corrected chi connectivity index (χ0v) is 19.5. The monoisotopic (exact) mass is 444 g/mol. The molecule has 1 aliphatic heterocycles. The molecule has 32 heavy (non-hydrogen) atoms. The number of rotatable bonds is 9. The SMILES string of the molecule is COC(C)(C)CCOc1nn(C2CCC(N3CCOCC3)CC2)cc1Nc1ncccn1. The van der Waals surface area contributed by atoms with E-state index in [4.69, 9.17) is 19.3 Å². The van der Waals surface area contributed by atoms with E-state index in [1.54, 1.807) is 25.6 Å². The van der Waals surface area contributed by atoms with Crippen LogP contribution in [0, 0.1) is 0 Å². The highest BCUT2D eigenvalue weighted by Crippen LogP contribution is 2.34. The van der Waals surface area contributed by atoms with Crippen molar-refractivity contribution in [2.45, 2.75) is 63.6 Å². The number of aromatic nitrogens is 4. The van der Waals surface area contributed by atoms with Crippen molar-refractivity contribution in [2.75, 3.05) is 45.3 Å². The van der Waals surface area contributed by atoms with Gasteiger partial charge in [-0.3, -0.25) is 9.58 Å². The topological polar surface area (TPSA) is 86.6 Å². The number of hydrogen-bond donors (Lipinski definition) is 1. The highest BCUT2D eigenvalue weighted by Gasteiger charge is 2.29. The molecule has 1 saturated carbocycles. The first kappa shape index (κ1) is 22.9. The van der Waals surface area contributed by atoms with Gasteiger partial charge in [0.05, 0.1) is 37.7 Å². The lowest BCUT2D eigenvalue weighted by Crippen LogP contribution is -2.45. The summed E-state index contributed by atoms with van der Waals surface area (Å²) < 4.78 is 19.2. The summed E-state index contributed by atoms with van der Waals surface area (Å²) in [5.74, 6) is 1.12. The van der Waals surface area contributed by atoms with Gasteiger partial charge in [-0.1, -0.05) is 0 Å². The zero-order chi connectivity index (χ0) is 22.4. The van der Waals surface area contributed by atoms with Crippen molar-refractivity contribution in [3.05, 3.63) is 24.7 Å². The highest BCUT2D eigenvalue weighted by atomic mass is 16.5. The average molecular weight is 445 g/mol. The Morgan fingerprint density at radius 1 is 1.09 bits per heavy atom. The molecule has 0 radical (unpaired) electrons. The van der Waals surface area contributed by atoms with Crippen LogP contribution in [0.5, 0.6) is 5.88 Å². The molecule has 176 valence electrons. The molecule has 0 amide bonds. The Hall–Kier alpha value is -2.23. The van der Waals surface area contributed by atoms with Crippen LogP contribution in [0.3, 0.4) is 0 Å². The fraction of sp³-hybridized carbons (Fsp3) is 0.696. The van der Waals surface area contributed by atoms with Crippen LogP contribution in [0.4, 0.5) is 11.6 Å². The van der Waals surface area contributed by atoms with Gasteiger partial charge in [0.25, 0.3) is 5.88 Å². The van der Waals surface area contributed by atoms with E-state index >= 15 is 0 Å². The Balaban J connectivity index is 1.42. The van der Waals surface area contributed by atoms with Crippen molar-refractivity contribution in [1.82, 2.24) is 24.6 Å². The Labute approximate surface area is 190 Å². The second-order valence-corrected chi connectivity index (χ2v) is 9.20. The smallest absolute Gasteiger partial charge is 0.256 e. The Morgan fingerprint density at radius 2 is 1.78 bits per heavy atom. The second-order valence-electron chi connectivity index (χ2n) is 9.20. The lowest BCUT2D eigenvalue weighted by atomic mass is 9.90. The summed E-state index contributed by atoms with van der Waals surface area (Å²) in [7, 11) is 1.72. The first-order valence-electron chi connectivity index (χ1n) is 11.7. The molecule has 2 aliphatic rings. The normalized spacial score (nSPS) is 22.6. The van der Waals surface area contributed by atoms with Crippen molar-refractivity contribution >= 4 is 11.6 Å². The van der Waals surface area contributed by atoms with Gasteiger partial charge in [0.1, 0.15) is 5.69 Å². The summed E-state index contributed by atoms with van der Waals surface area (Å²) in [5, 5.41) is 8.09. The van der Waals surface area contributed by atoms with Crippen LogP contribution in [-0.2, 0) is 9.47 Å². The van der Waals surface area contributed by atoms with Crippen molar-refractivity contribution < 1.29 is 14.2 Å². The van der Waals surface area contributed by atoms with Gasteiger partial charge in [-0.15, -0.1) is 5.10 Å². The van der Waals surface area contributed by atoms with Crippen LogP contribution in [0.25, 0.3) is 0 Å². The van der Waals surface area contributed by atoms with Crippen molar-refractivity contribution in [1.29, 1.82) is 0 Å². The van der Waals surface area contributed by atoms with Gasteiger partial charge >= 0.3 is 0 Å². The molecular weight excluding hydrogens is 408 g/mol. The van der Waals surface area contributed by atoms with E-state index in [-0.39, 0.29) is 5.60 Å². The maximum atomic E-state index is 6.08. The number of ether oxygens (including phenoxy) is 3. The first-order valence-corrected chi connectivity index (χ1v) is 11.7. The van der Waals surface area contributed by atoms with Crippen LogP contribution in [0.1, 0.15) is 52.0 Å². The van der Waals surface area contributed by atoms with Crippen molar-refractivity contribution in [3.63, 3.8) is 0 Å². The third-order valence-electron chi connectivity index (χ3n) is 6.61. The first-order chi connectivity index (χ1) is 15.5. The largest absolute Gasteiger partial charge is 0.475 e. The minimum atomic E-state index is -0.240.